The van der Waals surface area contributed by atoms with Crippen molar-refractivity contribution in [2.45, 2.75) is 26.8 Å². The Morgan fingerprint density at radius 2 is 1.85 bits per heavy atom. The van der Waals surface area contributed by atoms with Crippen molar-refractivity contribution in [3.05, 3.63) is 35.9 Å². The Bertz CT molecular complexity index is 390. The maximum absolute atomic E-state index is 12.5. The minimum atomic E-state index is -0.226. The van der Waals surface area contributed by atoms with Crippen LogP contribution in [0.25, 0.3) is 0 Å². The summed E-state index contributed by atoms with van der Waals surface area (Å²) < 4.78 is 0. The summed E-state index contributed by atoms with van der Waals surface area (Å²) in [6.45, 7) is 9.09. The molecule has 0 saturated heterocycles. The van der Waals surface area contributed by atoms with E-state index in [0.29, 0.717) is 19.0 Å². The highest BCUT2D eigenvalue weighted by molar-refractivity contribution is 5.83. The topological polar surface area (TPSA) is 58.4 Å². The zero-order valence-electron chi connectivity index (χ0n) is 12.8. The quantitative estimate of drug-likeness (QED) is 0.761. The molecule has 0 aliphatic rings. The predicted octanol–water partition coefficient (Wildman–Crippen LogP) is 1.78. The fourth-order valence-corrected chi connectivity index (χ4v) is 2.21. The zero-order chi connectivity index (χ0) is 15.0. The molecule has 0 radical (unpaired) electrons. The molecule has 112 valence electrons. The van der Waals surface area contributed by atoms with Crippen molar-refractivity contribution in [2.24, 2.45) is 11.7 Å². The second kappa shape index (κ2) is 8.72. The van der Waals surface area contributed by atoms with Gasteiger partial charge in [-0.25, -0.2) is 0 Å². The minimum absolute atomic E-state index is 0.0557. The molecule has 0 bridgehead atoms. The number of carbonyl (C=O) groups is 1. The smallest absolute Gasteiger partial charge is 0.241 e. The maximum atomic E-state index is 12.5. The van der Waals surface area contributed by atoms with E-state index in [1.54, 1.807) is 0 Å². The van der Waals surface area contributed by atoms with E-state index >= 15 is 0 Å². The molecule has 2 unspecified atom stereocenters. The van der Waals surface area contributed by atoms with E-state index in [-0.39, 0.29) is 11.9 Å². The van der Waals surface area contributed by atoms with Crippen LogP contribution in [0.4, 0.5) is 0 Å². The molecule has 3 N–H and O–H groups in total. The SMILES string of the molecule is CCN(CC)C(C(=O)NCC(C)CN)c1ccccc1. The van der Waals surface area contributed by atoms with E-state index in [0.717, 1.165) is 18.7 Å². The van der Waals surface area contributed by atoms with Crippen molar-refractivity contribution < 1.29 is 4.79 Å². The number of likely N-dealkylation sites (N-methyl/N-ethyl adjacent to an activating group) is 1. The van der Waals surface area contributed by atoms with Crippen LogP contribution in [0.15, 0.2) is 30.3 Å². The molecule has 1 aromatic carbocycles. The van der Waals surface area contributed by atoms with Crippen molar-refractivity contribution in [2.75, 3.05) is 26.2 Å². The molecule has 0 aromatic heterocycles. The van der Waals surface area contributed by atoms with Crippen molar-refractivity contribution in [3.63, 3.8) is 0 Å². The third-order valence-electron chi connectivity index (χ3n) is 3.57. The van der Waals surface area contributed by atoms with Crippen LogP contribution >= 0.6 is 0 Å². The summed E-state index contributed by atoms with van der Waals surface area (Å²) in [6.07, 6.45) is 0. The fourth-order valence-electron chi connectivity index (χ4n) is 2.21. The first-order chi connectivity index (χ1) is 9.63. The van der Waals surface area contributed by atoms with E-state index in [9.17, 15) is 4.79 Å². The van der Waals surface area contributed by atoms with E-state index < -0.39 is 0 Å². The number of hydrogen-bond donors (Lipinski definition) is 2. The van der Waals surface area contributed by atoms with E-state index in [2.05, 4.69) is 24.1 Å². The third-order valence-corrected chi connectivity index (χ3v) is 3.57. The Balaban J connectivity index is 2.85. The molecule has 1 aromatic rings. The first-order valence-corrected chi connectivity index (χ1v) is 7.40. The first-order valence-electron chi connectivity index (χ1n) is 7.40. The average Bonchev–Trinajstić information content (AvgIpc) is 2.50. The van der Waals surface area contributed by atoms with E-state index in [4.69, 9.17) is 5.73 Å². The summed E-state index contributed by atoms with van der Waals surface area (Å²) in [5.74, 6) is 0.354. The second-order valence-corrected chi connectivity index (χ2v) is 5.12. The molecule has 1 rings (SSSR count). The zero-order valence-corrected chi connectivity index (χ0v) is 12.8. The number of amides is 1. The molecule has 4 heteroatoms. The minimum Gasteiger partial charge on any atom is -0.354 e. The molecule has 0 saturated carbocycles. The lowest BCUT2D eigenvalue weighted by Crippen LogP contribution is -2.42. The van der Waals surface area contributed by atoms with Gasteiger partial charge in [0, 0.05) is 6.54 Å². The van der Waals surface area contributed by atoms with Crippen molar-refractivity contribution in [1.29, 1.82) is 0 Å². The van der Waals surface area contributed by atoms with Crippen LogP contribution in [0.2, 0.25) is 0 Å². The molecule has 0 heterocycles. The number of carbonyl (C=O) groups excluding carboxylic acids is 1. The van der Waals surface area contributed by atoms with Crippen LogP contribution in [-0.2, 0) is 4.79 Å². The van der Waals surface area contributed by atoms with Gasteiger partial charge in [-0.3, -0.25) is 9.69 Å². The molecular weight excluding hydrogens is 250 g/mol. The van der Waals surface area contributed by atoms with Crippen molar-refractivity contribution in [1.82, 2.24) is 10.2 Å². The van der Waals surface area contributed by atoms with Gasteiger partial charge in [0.05, 0.1) is 0 Å². The van der Waals surface area contributed by atoms with Gasteiger partial charge in [0.25, 0.3) is 0 Å². The lowest BCUT2D eigenvalue weighted by molar-refractivity contribution is -0.126. The van der Waals surface area contributed by atoms with Gasteiger partial charge < -0.3 is 11.1 Å². The van der Waals surface area contributed by atoms with Gasteiger partial charge in [0.2, 0.25) is 5.91 Å². The maximum Gasteiger partial charge on any atom is 0.241 e. The second-order valence-electron chi connectivity index (χ2n) is 5.12. The molecule has 0 fully saturated rings. The number of rotatable bonds is 8. The fraction of sp³-hybridized carbons (Fsp3) is 0.562. The van der Waals surface area contributed by atoms with E-state index in [1.807, 2.05) is 37.3 Å². The van der Waals surface area contributed by atoms with Gasteiger partial charge in [-0.1, -0.05) is 51.1 Å². The number of nitrogens with zero attached hydrogens (tertiary/aromatic N) is 1. The van der Waals surface area contributed by atoms with Gasteiger partial charge >= 0.3 is 0 Å². The molecule has 1 amide bonds. The van der Waals surface area contributed by atoms with Crippen LogP contribution in [0, 0.1) is 5.92 Å². The molecule has 0 spiro atoms. The van der Waals surface area contributed by atoms with Gasteiger partial charge in [0.15, 0.2) is 0 Å². The summed E-state index contributed by atoms with van der Waals surface area (Å²) in [5.41, 5.74) is 6.63. The van der Waals surface area contributed by atoms with Crippen molar-refractivity contribution in [3.8, 4) is 0 Å². The van der Waals surface area contributed by atoms with Crippen LogP contribution in [0.1, 0.15) is 32.4 Å². The van der Waals surface area contributed by atoms with Gasteiger partial charge in [-0.2, -0.15) is 0 Å². The van der Waals surface area contributed by atoms with Gasteiger partial charge in [-0.15, -0.1) is 0 Å². The molecular formula is C16H27N3O. The van der Waals surface area contributed by atoms with Gasteiger partial charge in [-0.05, 0) is 31.1 Å². The highest BCUT2D eigenvalue weighted by Gasteiger charge is 2.25. The Morgan fingerprint density at radius 3 is 2.35 bits per heavy atom. The lowest BCUT2D eigenvalue weighted by atomic mass is 10.0. The molecule has 0 aliphatic carbocycles. The van der Waals surface area contributed by atoms with Gasteiger partial charge in [0.1, 0.15) is 6.04 Å². The predicted molar refractivity (Wildman–Crippen MR) is 83.3 cm³/mol. The van der Waals surface area contributed by atoms with Crippen LogP contribution < -0.4 is 11.1 Å². The standard InChI is InChI=1S/C16H27N3O/c1-4-19(5-2)15(14-9-7-6-8-10-14)16(20)18-12-13(3)11-17/h6-10,13,15H,4-5,11-12,17H2,1-3H3,(H,18,20). The molecule has 0 aliphatic heterocycles. The first kappa shape index (κ1) is 16.7. The lowest BCUT2D eigenvalue weighted by Gasteiger charge is -2.29. The number of nitrogens with one attached hydrogen (secondary N) is 1. The van der Waals surface area contributed by atoms with Crippen LogP contribution in [-0.4, -0.2) is 37.0 Å². The molecule has 20 heavy (non-hydrogen) atoms. The highest BCUT2D eigenvalue weighted by Crippen LogP contribution is 2.20. The summed E-state index contributed by atoms with van der Waals surface area (Å²) in [6, 6.07) is 9.71. The largest absolute Gasteiger partial charge is 0.354 e. The number of hydrogen-bond acceptors (Lipinski definition) is 3. The summed E-state index contributed by atoms with van der Waals surface area (Å²) in [5, 5.41) is 3.02. The van der Waals surface area contributed by atoms with E-state index in [1.165, 1.54) is 0 Å². The average molecular weight is 277 g/mol. The Labute approximate surface area is 122 Å². The number of nitrogens with two attached hydrogens (primary N) is 1. The number of benzene rings is 1. The van der Waals surface area contributed by atoms with Crippen molar-refractivity contribution >= 4 is 5.91 Å². The molecule has 2 atom stereocenters. The summed E-state index contributed by atoms with van der Waals surface area (Å²) in [7, 11) is 0. The molecule has 4 nitrogen and oxygen atoms in total. The van der Waals surface area contributed by atoms with Crippen LogP contribution in [0.5, 0.6) is 0 Å². The van der Waals surface area contributed by atoms with Crippen LogP contribution in [0.3, 0.4) is 0 Å². The summed E-state index contributed by atoms with van der Waals surface area (Å²) in [4.78, 5) is 14.7. The third kappa shape index (κ3) is 4.62. The Kier molecular flexibility index (Phi) is 7.26. The summed E-state index contributed by atoms with van der Waals surface area (Å²) >= 11 is 0. The normalized spacial score (nSPS) is 14.1. The Morgan fingerprint density at radius 1 is 1.25 bits per heavy atom. The highest BCUT2D eigenvalue weighted by atomic mass is 16.2. The monoisotopic (exact) mass is 277 g/mol. The Hall–Kier alpha value is -1.39.